The Labute approximate surface area is 236 Å². The molecule has 10 heteroatoms. The van der Waals surface area contributed by atoms with Crippen molar-refractivity contribution in [2.24, 2.45) is 0 Å². The van der Waals surface area contributed by atoms with Gasteiger partial charge in [-0.15, -0.1) is 0 Å². The van der Waals surface area contributed by atoms with Crippen LogP contribution >= 0.6 is 11.6 Å². The fraction of sp³-hybridized carbons (Fsp3) is 0.300. The fourth-order valence-electron chi connectivity index (χ4n) is 4.99. The molecule has 0 unspecified atom stereocenters. The van der Waals surface area contributed by atoms with Crippen LogP contribution in [0.4, 0.5) is 25.1 Å². The van der Waals surface area contributed by atoms with Crippen LogP contribution in [-0.4, -0.2) is 50.8 Å². The number of halogens is 3. The minimum atomic E-state index is -0.804. The number of aromatic hydroxyl groups is 1. The van der Waals surface area contributed by atoms with Gasteiger partial charge in [-0.05, 0) is 57.9 Å². The molecule has 0 atom stereocenters. The van der Waals surface area contributed by atoms with Crippen molar-refractivity contribution in [3.63, 3.8) is 0 Å². The Morgan fingerprint density at radius 3 is 2.52 bits per heavy atom. The fourth-order valence-corrected chi connectivity index (χ4v) is 5.22. The molecule has 40 heavy (non-hydrogen) atoms. The maximum atomic E-state index is 15.4. The van der Waals surface area contributed by atoms with Crippen molar-refractivity contribution in [3.8, 4) is 16.9 Å². The molecule has 0 spiro atoms. The lowest BCUT2D eigenvalue weighted by atomic mass is 9.98. The number of amides is 1. The number of benzene rings is 2. The molecule has 2 aromatic carbocycles. The first-order chi connectivity index (χ1) is 19.0. The second-order valence-electron chi connectivity index (χ2n) is 10.7. The highest BCUT2D eigenvalue weighted by molar-refractivity contribution is 6.34. The van der Waals surface area contributed by atoms with E-state index in [1.807, 2.05) is 0 Å². The zero-order valence-corrected chi connectivity index (χ0v) is 23.1. The van der Waals surface area contributed by atoms with Gasteiger partial charge in [-0.2, -0.15) is 0 Å². The Kier molecular flexibility index (Phi) is 7.51. The summed E-state index contributed by atoms with van der Waals surface area (Å²) in [6.45, 7) is 6.08. The second-order valence-corrected chi connectivity index (χ2v) is 11.1. The average Bonchev–Trinajstić information content (AvgIpc) is 2.90. The van der Waals surface area contributed by atoms with Crippen molar-refractivity contribution in [1.82, 2.24) is 14.9 Å². The number of carbonyl (C=O) groups excluding carboxylic acids is 1. The van der Waals surface area contributed by atoms with Crippen LogP contribution in [0.1, 0.15) is 33.6 Å². The molecule has 3 heterocycles. The Morgan fingerprint density at radius 2 is 1.85 bits per heavy atom. The van der Waals surface area contributed by atoms with Gasteiger partial charge in [0.2, 0.25) is 0 Å². The maximum Gasteiger partial charge on any atom is 0.410 e. The van der Waals surface area contributed by atoms with E-state index >= 15 is 4.39 Å². The number of ether oxygens (including phenoxy) is 1. The third kappa shape index (κ3) is 5.51. The highest BCUT2D eigenvalue weighted by atomic mass is 35.5. The lowest BCUT2D eigenvalue weighted by Crippen LogP contribution is -2.47. The van der Waals surface area contributed by atoms with Crippen molar-refractivity contribution in [3.05, 3.63) is 77.6 Å². The average molecular weight is 567 g/mol. The number of likely N-dealkylation sites (tertiary alicyclic amines) is 1. The van der Waals surface area contributed by atoms with Crippen LogP contribution in [0.5, 0.6) is 5.75 Å². The first kappa shape index (κ1) is 27.6. The Balaban J connectivity index is 1.63. The lowest BCUT2D eigenvalue weighted by Gasteiger charge is -2.40. The molecule has 0 bridgehead atoms. The zero-order chi connectivity index (χ0) is 28.6. The summed E-state index contributed by atoms with van der Waals surface area (Å²) >= 11 is 6.55. The van der Waals surface area contributed by atoms with Crippen molar-refractivity contribution in [2.75, 3.05) is 18.0 Å². The monoisotopic (exact) mass is 566 g/mol. The smallest absolute Gasteiger partial charge is 0.410 e. The van der Waals surface area contributed by atoms with Crippen LogP contribution in [0, 0.1) is 11.6 Å². The number of carbonyl (C=O) groups is 1. The van der Waals surface area contributed by atoms with Gasteiger partial charge >= 0.3 is 6.09 Å². The third-order valence-electron chi connectivity index (χ3n) is 6.77. The minimum Gasteiger partial charge on any atom is -0.504 e. The molecule has 208 valence electrons. The van der Waals surface area contributed by atoms with Crippen LogP contribution in [-0.2, 0) is 4.74 Å². The summed E-state index contributed by atoms with van der Waals surface area (Å²) < 4.78 is 34.8. The van der Waals surface area contributed by atoms with E-state index < -0.39 is 23.3 Å². The molecule has 2 aromatic heterocycles. The summed E-state index contributed by atoms with van der Waals surface area (Å²) in [5.74, 6) is -1.65. The Hall–Kier alpha value is -3.98. The number of anilines is 2. The van der Waals surface area contributed by atoms with Gasteiger partial charge in [0.05, 0.1) is 17.4 Å². The van der Waals surface area contributed by atoms with Crippen LogP contribution in [0.3, 0.4) is 0 Å². The van der Waals surface area contributed by atoms with Crippen molar-refractivity contribution in [2.45, 2.75) is 45.3 Å². The van der Waals surface area contributed by atoms with Crippen LogP contribution in [0.15, 0.2) is 60.9 Å². The SMILES string of the molecule is CC(C)(C)OC(=O)N1CCC(N(c2ccc(F)cc2F)c2nc3cnccc3c(-c3ccccc3Cl)c2O)CC1. The summed E-state index contributed by atoms with van der Waals surface area (Å²) in [6, 6.07) is 11.7. The number of pyridine rings is 2. The Morgan fingerprint density at radius 1 is 1.12 bits per heavy atom. The van der Waals surface area contributed by atoms with Gasteiger partial charge in [0.15, 0.2) is 11.6 Å². The number of rotatable bonds is 4. The molecule has 1 aliphatic heterocycles. The van der Waals surface area contributed by atoms with E-state index in [1.54, 1.807) is 73.3 Å². The molecule has 0 saturated carbocycles. The van der Waals surface area contributed by atoms with Gasteiger partial charge in [0.1, 0.15) is 17.2 Å². The van der Waals surface area contributed by atoms with E-state index in [2.05, 4.69) is 4.98 Å². The van der Waals surface area contributed by atoms with Gasteiger partial charge in [0, 0.05) is 52.9 Å². The molecule has 1 saturated heterocycles. The normalized spacial score (nSPS) is 14.4. The molecule has 5 rings (SSSR count). The van der Waals surface area contributed by atoms with Gasteiger partial charge in [-0.1, -0.05) is 29.8 Å². The van der Waals surface area contributed by atoms with Crippen LogP contribution in [0.25, 0.3) is 22.0 Å². The maximum absolute atomic E-state index is 15.4. The number of hydrogen-bond donors (Lipinski definition) is 1. The molecular formula is C30H29ClF2N4O3. The minimum absolute atomic E-state index is 0.0493. The van der Waals surface area contributed by atoms with E-state index in [-0.39, 0.29) is 23.3 Å². The first-order valence-corrected chi connectivity index (χ1v) is 13.3. The largest absolute Gasteiger partial charge is 0.504 e. The molecule has 1 aliphatic rings. The molecule has 1 N–H and O–H groups in total. The lowest BCUT2D eigenvalue weighted by molar-refractivity contribution is 0.0206. The van der Waals surface area contributed by atoms with E-state index in [1.165, 1.54) is 6.07 Å². The number of hydrogen-bond acceptors (Lipinski definition) is 6. The van der Waals surface area contributed by atoms with E-state index in [4.69, 9.17) is 21.3 Å². The standard InChI is InChI=1S/C30H29ClF2N4O3/c1-30(2,3)40-29(39)36-14-11-19(12-15-36)37(25-9-8-18(32)16-23(25)33)28-27(38)26(20-6-4-5-7-22(20)31)21-10-13-34-17-24(21)35-28/h4-10,13,16-17,19,38H,11-12,14-15H2,1-3H3. The van der Waals surface area contributed by atoms with Gasteiger partial charge in [-0.25, -0.2) is 18.6 Å². The summed E-state index contributed by atoms with van der Waals surface area (Å²) in [7, 11) is 0. The van der Waals surface area contributed by atoms with Crippen LogP contribution < -0.4 is 4.90 Å². The van der Waals surface area contributed by atoms with Crippen LogP contribution in [0.2, 0.25) is 5.02 Å². The van der Waals surface area contributed by atoms with E-state index in [9.17, 15) is 14.3 Å². The van der Waals surface area contributed by atoms with Crippen molar-refractivity contribution >= 4 is 40.1 Å². The molecule has 4 aromatic rings. The first-order valence-electron chi connectivity index (χ1n) is 13.0. The predicted molar refractivity (Wildman–Crippen MR) is 151 cm³/mol. The second kappa shape index (κ2) is 10.9. The zero-order valence-electron chi connectivity index (χ0n) is 22.4. The van der Waals surface area contributed by atoms with Gasteiger partial charge in [0.25, 0.3) is 0 Å². The summed E-state index contributed by atoms with van der Waals surface area (Å²) in [5.41, 5.74) is 0.867. The summed E-state index contributed by atoms with van der Waals surface area (Å²) in [4.78, 5) is 24.8. The Bertz CT molecular complexity index is 1570. The number of nitrogens with zero attached hydrogens (tertiary/aromatic N) is 4. The van der Waals surface area contributed by atoms with Gasteiger partial charge < -0.3 is 19.6 Å². The molecule has 7 nitrogen and oxygen atoms in total. The molecule has 0 aliphatic carbocycles. The highest BCUT2D eigenvalue weighted by Crippen LogP contribution is 2.47. The van der Waals surface area contributed by atoms with E-state index in [0.29, 0.717) is 53.0 Å². The molecule has 0 radical (unpaired) electrons. The number of piperidine rings is 1. The quantitative estimate of drug-likeness (QED) is 0.276. The predicted octanol–water partition coefficient (Wildman–Crippen LogP) is 7.47. The number of fused-ring (bicyclic) bond motifs is 1. The molecule has 1 amide bonds. The molecular weight excluding hydrogens is 538 g/mol. The summed E-state index contributed by atoms with van der Waals surface area (Å²) in [5, 5.41) is 12.8. The van der Waals surface area contributed by atoms with E-state index in [0.717, 1.165) is 12.1 Å². The topological polar surface area (TPSA) is 78.8 Å². The highest BCUT2D eigenvalue weighted by Gasteiger charge is 2.34. The summed E-state index contributed by atoms with van der Waals surface area (Å²) in [6.07, 6.45) is 3.56. The van der Waals surface area contributed by atoms with Crippen molar-refractivity contribution in [1.29, 1.82) is 0 Å². The number of aromatic nitrogens is 2. The van der Waals surface area contributed by atoms with Gasteiger partial charge in [-0.3, -0.25) is 4.98 Å². The van der Waals surface area contributed by atoms with Crippen molar-refractivity contribution < 1.29 is 23.4 Å². The molecule has 1 fully saturated rings. The third-order valence-corrected chi connectivity index (χ3v) is 7.10.